The predicted molar refractivity (Wildman–Crippen MR) is 68.7 cm³/mol. The van der Waals surface area contributed by atoms with Gasteiger partial charge in [0.1, 0.15) is 11.9 Å². The standard InChI is InChI=1S/C13H18ClNO2/c1-13(2,16)8-15-7-11-6-9-5-10(14)3-4-12(9)17-11/h3-5,11,15-16H,6-8H2,1-2H3. The van der Waals surface area contributed by atoms with E-state index in [0.717, 1.165) is 29.3 Å². The molecule has 0 radical (unpaired) electrons. The van der Waals surface area contributed by atoms with Crippen molar-refractivity contribution in [1.29, 1.82) is 0 Å². The van der Waals surface area contributed by atoms with Gasteiger partial charge in [-0.1, -0.05) is 11.6 Å². The van der Waals surface area contributed by atoms with E-state index in [4.69, 9.17) is 16.3 Å². The molecule has 94 valence electrons. The average molecular weight is 256 g/mol. The van der Waals surface area contributed by atoms with E-state index >= 15 is 0 Å². The van der Waals surface area contributed by atoms with Crippen molar-refractivity contribution in [2.45, 2.75) is 32.0 Å². The lowest BCUT2D eigenvalue weighted by Crippen LogP contribution is -2.39. The van der Waals surface area contributed by atoms with Crippen LogP contribution >= 0.6 is 11.6 Å². The smallest absolute Gasteiger partial charge is 0.123 e. The largest absolute Gasteiger partial charge is 0.488 e. The van der Waals surface area contributed by atoms with Crippen molar-refractivity contribution in [3.05, 3.63) is 28.8 Å². The Morgan fingerprint density at radius 1 is 1.53 bits per heavy atom. The van der Waals surface area contributed by atoms with E-state index in [-0.39, 0.29) is 6.10 Å². The summed E-state index contributed by atoms with van der Waals surface area (Å²) in [6, 6.07) is 5.70. The molecule has 1 heterocycles. The molecule has 0 aromatic heterocycles. The van der Waals surface area contributed by atoms with Gasteiger partial charge in [-0.2, -0.15) is 0 Å². The van der Waals surface area contributed by atoms with Crippen LogP contribution in [0.4, 0.5) is 0 Å². The molecule has 0 saturated heterocycles. The van der Waals surface area contributed by atoms with Crippen LogP contribution in [0.2, 0.25) is 5.02 Å². The van der Waals surface area contributed by atoms with Crippen molar-refractivity contribution in [3.63, 3.8) is 0 Å². The first-order chi connectivity index (χ1) is 7.94. The number of nitrogens with one attached hydrogen (secondary N) is 1. The van der Waals surface area contributed by atoms with E-state index in [2.05, 4.69) is 5.32 Å². The Labute approximate surface area is 107 Å². The number of aliphatic hydroxyl groups is 1. The van der Waals surface area contributed by atoms with Gasteiger partial charge in [-0.15, -0.1) is 0 Å². The molecule has 4 heteroatoms. The molecule has 1 unspecified atom stereocenters. The molecule has 1 aromatic rings. The second kappa shape index (κ2) is 4.84. The maximum Gasteiger partial charge on any atom is 0.123 e. The SMILES string of the molecule is CC(C)(O)CNCC1Cc2cc(Cl)ccc2O1. The number of ether oxygens (including phenoxy) is 1. The number of benzene rings is 1. The molecule has 0 saturated carbocycles. The highest BCUT2D eigenvalue weighted by atomic mass is 35.5. The van der Waals surface area contributed by atoms with Crippen molar-refractivity contribution in [2.24, 2.45) is 0 Å². The fourth-order valence-electron chi connectivity index (χ4n) is 1.94. The molecule has 1 aromatic carbocycles. The Morgan fingerprint density at radius 2 is 2.29 bits per heavy atom. The van der Waals surface area contributed by atoms with Crippen LogP contribution in [0.15, 0.2) is 18.2 Å². The fraction of sp³-hybridized carbons (Fsp3) is 0.538. The summed E-state index contributed by atoms with van der Waals surface area (Å²) in [5.41, 5.74) is 0.474. The minimum Gasteiger partial charge on any atom is -0.488 e. The summed E-state index contributed by atoms with van der Waals surface area (Å²) >= 11 is 5.93. The minimum atomic E-state index is -0.686. The van der Waals surface area contributed by atoms with Crippen LogP contribution in [0.1, 0.15) is 19.4 Å². The Hall–Kier alpha value is -0.770. The third-order valence-corrected chi connectivity index (χ3v) is 2.93. The molecule has 2 rings (SSSR count). The van der Waals surface area contributed by atoms with E-state index in [0.29, 0.717) is 6.54 Å². The fourth-order valence-corrected chi connectivity index (χ4v) is 2.14. The van der Waals surface area contributed by atoms with Crippen molar-refractivity contribution in [2.75, 3.05) is 13.1 Å². The first kappa shape index (κ1) is 12.7. The van der Waals surface area contributed by atoms with E-state index in [1.54, 1.807) is 13.8 Å². The molecule has 0 bridgehead atoms. The zero-order valence-corrected chi connectivity index (χ0v) is 10.9. The molecule has 3 nitrogen and oxygen atoms in total. The molecule has 2 N–H and O–H groups in total. The number of halogens is 1. The summed E-state index contributed by atoms with van der Waals surface area (Å²) in [5.74, 6) is 0.921. The summed E-state index contributed by atoms with van der Waals surface area (Å²) in [4.78, 5) is 0. The predicted octanol–water partition coefficient (Wildman–Crippen LogP) is 2.00. The number of fused-ring (bicyclic) bond motifs is 1. The van der Waals surface area contributed by atoms with Gasteiger partial charge in [-0.05, 0) is 37.6 Å². The monoisotopic (exact) mass is 255 g/mol. The van der Waals surface area contributed by atoms with Gasteiger partial charge >= 0.3 is 0 Å². The molecule has 0 spiro atoms. The Balaban J connectivity index is 1.84. The zero-order valence-electron chi connectivity index (χ0n) is 10.2. The first-order valence-corrected chi connectivity index (χ1v) is 6.20. The Kier molecular flexibility index (Phi) is 3.61. The van der Waals surface area contributed by atoms with Gasteiger partial charge in [0.15, 0.2) is 0 Å². The third-order valence-electron chi connectivity index (χ3n) is 2.69. The zero-order chi connectivity index (χ0) is 12.5. The van der Waals surface area contributed by atoms with Gasteiger partial charge in [0.2, 0.25) is 0 Å². The molecule has 1 aliphatic rings. The molecule has 0 aliphatic carbocycles. The maximum atomic E-state index is 9.58. The Morgan fingerprint density at radius 3 is 3.00 bits per heavy atom. The van der Waals surface area contributed by atoms with Crippen molar-refractivity contribution in [1.82, 2.24) is 5.32 Å². The highest BCUT2D eigenvalue weighted by molar-refractivity contribution is 6.30. The summed E-state index contributed by atoms with van der Waals surface area (Å²) in [5, 5.41) is 13.5. The summed E-state index contributed by atoms with van der Waals surface area (Å²) < 4.78 is 5.77. The van der Waals surface area contributed by atoms with Crippen LogP contribution < -0.4 is 10.1 Å². The van der Waals surface area contributed by atoms with Gasteiger partial charge in [-0.3, -0.25) is 0 Å². The first-order valence-electron chi connectivity index (χ1n) is 5.82. The molecule has 0 amide bonds. The summed E-state index contributed by atoms with van der Waals surface area (Å²) in [7, 11) is 0. The lowest BCUT2D eigenvalue weighted by molar-refractivity contribution is 0.0766. The quantitative estimate of drug-likeness (QED) is 0.865. The second-order valence-corrected chi connectivity index (χ2v) is 5.58. The maximum absolute atomic E-state index is 9.58. The summed E-state index contributed by atoms with van der Waals surface area (Å²) in [6.07, 6.45) is 1.00. The van der Waals surface area contributed by atoms with Crippen molar-refractivity contribution in [3.8, 4) is 5.75 Å². The van der Waals surface area contributed by atoms with Crippen LogP contribution in [-0.2, 0) is 6.42 Å². The number of rotatable bonds is 4. The topological polar surface area (TPSA) is 41.5 Å². The van der Waals surface area contributed by atoms with Crippen LogP contribution in [0.5, 0.6) is 5.75 Å². The molecule has 17 heavy (non-hydrogen) atoms. The van der Waals surface area contributed by atoms with E-state index < -0.39 is 5.60 Å². The molecule has 1 aliphatic heterocycles. The molecular formula is C13H18ClNO2. The number of hydrogen-bond acceptors (Lipinski definition) is 3. The highest BCUT2D eigenvalue weighted by Gasteiger charge is 2.23. The van der Waals surface area contributed by atoms with Crippen LogP contribution in [0, 0.1) is 0 Å². The number of hydrogen-bond donors (Lipinski definition) is 2. The van der Waals surface area contributed by atoms with Crippen molar-refractivity contribution < 1.29 is 9.84 Å². The average Bonchev–Trinajstić information content (AvgIpc) is 2.57. The van der Waals surface area contributed by atoms with E-state index in [9.17, 15) is 5.11 Å². The second-order valence-electron chi connectivity index (χ2n) is 5.14. The summed E-state index contributed by atoms with van der Waals surface area (Å²) in [6.45, 7) is 4.86. The van der Waals surface area contributed by atoms with Gasteiger partial charge in [0, 0.05) is 24.5 Å². The lowest BCUT2D eigenvalue weighted by Gasteiger charge is -2.19. The minimum absolute atomic E-state index is 0.130. The third kappa shape index (κ3) is 3.60. The van der Waals surface area contributed by atoms with Crippen LogP contribution in [0.3, 0.4) is 0 Å². The van der Waals surface area contributed by atoms with Gasteiger partial charge in [-0.25, -0.2) is 0 Å². The Bertz CT molecular complexity index is 401. The van der Waals surface area contributed by atoms with E-state index in [1.165, 1.54) is 0 Å². The van der Waals surface area contributed by atoms with Gasteiger partial charge in [0.05, 0.1) is 5.60 Å². The van der Waals surface area contributed by atoms with Gasteiger partial charge < -0.3 is 15.2 Å². The molecule has 0 fully saturated rings. The van der Waals surface area contributed by atoms with Gasteiger partial charge in [0.25, 0.3) is 0 Å². The van der Waals surface area contributed by atoms with Crippen molar-refractivity contribution >= 4 is 11.6 Å². The van der Waals surface area contributed by atoms with Crippen LogP contribution in [0.25, 0.3) is 0 Å². The molecular weight excluding hydrogens is 238 g/mol. The van der Waals surface area contributed by atoms with E-state index in [1.807, 2.05) is 18.2 Å². The lowest BCUT2D eigenvalue weighted by atomic mass is 10.1. The highest BCUT2D eigenvalue weighted by Crippen LogP contribution is 2.30. The van der Waals surface area contributed by atoms with Crippen LogP contribution in [-0.4, -0.2) is 29.9 Å². The molecule has 1 atom stereocenters. The normalized spacial score (nSPS) is 18.9.